The van der Waals surface area contributed by atoms with Crippen molar-refractivity contribution < 1.29 is 9.53 Å². The first-order valence-electron chi connectivity index (χ1n) is 8.54. The molecule has 2 heterocycles. The molecule has 6 nitrogen and oxygen atoms in total. The van der Waals surface area contributed by atoms with Gasteiger partial charge in [0, 0.05) is 30.5 Å². The van der Waals surface area contributed by atoms with Crippen LogP contribution in [0.3, 0.4) is 0 Å². The van der Waals surface area contributed by atoms with E-state index < -0.39 is 0 Å². The van der Waals surface area contributed by atoms with Crippen molar-refractivity contribution >= 4 is 16.7 Å². The molecule has 4 rings (SSSR count). The standard InChI is InChI=1S/C18H21N3O3/c22-17(20(15-5-6-15)10-13-7-8-24-12-13)11-21-18(23)16-4-2-1-3-14(16)9-19-21/h1-4,9,13,15H,5-8,10-12H2. The molecule has 126 valence electrons. The van der Waals surface area contributed by atoms with Crippen LogP contribution in [0.25, 0.3) is 10.8 Å². The average molecular weight is 327 g/mol. The van der Waals surface area contributed by atoms with Crippen LogP contribution in [-0.2, 0) is 16.1 Å². The molecular formula is C18H21N3O3. The van der Waals surface area contributed by atoms with Crippen LogP contribution in [0.2, 0.25) is 0 Å². The van der Waals surface area contributed by atoms with Gasteiger partial charge in [0.2, 0.25) is 5.91 Å². The van der Waals surface area contributed by atoms with Crippen LogP contribution < -0.4 is 5.56 Å². The maximum atomic E-state index is 12.8. The average Bonchev–Trinajstić information content (AvgIpc) is 3.31. The predicted octanol–water partition coefficient (Wildman–Crippen LogP) is 1.42. The van der Waals surface area contributed by atoms with Crippen molar-refractivity contribution in [3.8, 4) is 0 Å². The van der Waals surface area contributed by atoms with Gasteiger partial charge in [0.25, 0.3) is 5.56 Å². The number of amides is 1. The van der Waals surface area contributed by atoms with Crippen molar-refractivity contribution in [1.82, 2.24) is 14.7 Å². The van der Waals surface area contributed by atoms with E-state index in [1.54, 1.807) is 12.3 Å². The molecule has 0 bridgehead atoms. The lowest BCUT2D eigenvalue weighted by molar-refractivity contribution is -0.133. The van der Waals surface area contributed by atoms with Gasteiger partial charge in [-0.25, -0.2) is 4.68 Å². The smallest absolute Gasteiger partial charge is 0.275 e. The lowest BCUT2D eigenvalue weighted by atomic mass is 10.1. The van der Waals surface area contributed by atoms with Crippen molar-refractivity contribution in [2.24, 2.45) is 5.92 Å². The largest absolute Gasteiger partial charge is 0.381 e. The number of ether oxygens (including phenoxy) is 1. The fourth-order valence-electron chi connectivity index (χ4n) is 3.31. The molecule has 1 aliphatic carbocycles. The third-order valence-corrected chi connectivity index (χ3v) is 4.83. The second-order valence-corrected chi connectivity index (χ2v) is 6.70. The Morgan fingerprint density at radius 2 is 2.12 bits per heavy atom. The lowest BCUT2D eigenvalue weighted by Crippen LogP contribution is -2.41. The number of fused-ring (bicyclic) bond motifs is 1. The lowest BCUT2D eigenvalue weighted by Gasteiger charge is -2.25. The molecule has 1 saturated carbocycles. The van der Waals surface area contributed by atoms with Crippen LogP contribution in [0.5, 0.6) is 0 Å². The zero-order chi connectivity index (χ0) is 16.5. The second-order valence-electron chi connectivity index (χ2n) is 6.70. The van der Waals surface area contributed by atoms with E-state index in [9.17, 15) is 9.59 Å². The Labute approximate surface area is 140 Å². The van der Waals surface area contributed by atoms with E-state index in [1.165, 1.54) is 4.68 Å². The molecule has 0 spiro atoms. The Bertz CT molecular complexity index is 807. The first-order chi connectivity index (χ1) is 11.7. The Hall–Kier alpha value is -2.21. The number of hydrogen-bond donors (Lipinski definition) is 0. The highest BCUT2D eigenvalue weighted by atomic mass is 16.5. The van der Waals surface area contributed by atoms with E-state index in [2.05, 4.69) is 5.10 Å². The fraction of sp³-hybridized carbons (Fsp3) is 0.500. The van der Waals surface area contributed by atoms with Crippen molar-refractivity contribution in [2.75, 3.05) is 19.8 Å². The summed E-state index contributed by atoms with van der Waals surface area (Å²) in [6, 6.07) is 7.65. The summed E-state index contributed by atoms with van der Waals surface area (Å²) in [6.07, 6.45) is 4.76. The molecular weight excluding hydrogens is 306 g/mol. The number of rotatable bonds is 5. The van der Waals surface area contributed by atoms with Crippen LogP contribution in [0.1, 0.15) is 19.3 Å². The van der Waals surface area contributed by atoms with E-state index in [1.807, 2.05) is 23.1 Å². The van der Waals surface area contributed by atoms with Crippen molar-refractivity contribution in [2.45, 2.75) is 31.8 Å². The summed E-state index contributed by atoms with van der Waals surface area (Å²) < 4.78 is 6.70. The van der Waals surface area contributed by atoms with Gasteiger partial charge in [0.15, 0.2) is 0 Å². The van der Waals surface area contributed by atoms with Crippen LogP contribution in [0, 0.1) is 5.92 Å². The SMILES string of the molecule is O=C(Cn1ncc2ccccc2c1=O)N(CC1CCOC1)C1CC1. The molecule has 0 radical (unpaired) electrons. The molecule has 24 heavy (non-hydrogen) atoms. The topological polar surface area (TPSA) is 64.4 Å². The number of hydrogen-bond acceptors (Lipinski definition) is 4. The Morgan fingerprint density at radius 1 is 1.29 bits per heavy atom. The molecule has 1 amide bonds. The van der Waals surface area contributed by atoms with E-state index in [0.717, 1.165) is 44.4 Å². The predicted molar refractivity (Wildman–Crippen MR) is 89.7 cm³/mol. The van der Waals surface area contributed by atoms with Crippen LogP contribution in [0.4, 0.5) is 0 Å². The highest BCUT2D eigenvalue weighted by molar-refractivity contribution is 5.81. The first-order valence-corrected chi connectivity index (χ1v) is 8.54. The Balaban J connectivity index is 1.53. The molecule has 2 fully saturated rings. The molecule has 2 aromatic rings. The van der Waals surface area contributed by atoms with Gasteiger partial charge in [-0.15, -0.1) is 0 Å². The molecule has 0 N–H and O–H groups in total. The van der Waals surface area contributed by atoms with Crippen molar-refractivity contribution in [3.05, 3.63) is 40.8 Å². The minimum atomic E-state index is -0.207. The monoisotopic (exact) mass is 327 g/mol. The molecule has 6 heteroatoms. The summed E-state index contributed by atoms with van der Waals surface area (Å²) in [7, 11) is 0. The maximum absolute atomic E-state index is 12.8. The van der Waals surface area contributed by atoms with Gasteiger partial charge in [-0.1, -0.05) is 18.2 Å². The highest BCUT2D eigenvalue weighted by Crippen LogP contribution is 2.29. The zero-order valence-corrected chi connectivity index (χ0v) is 13.6. The van der Waals surface area contributed by atoms with Gasteiger partial charge in [-0.3, -0.25) is 9.59 Å². The summed E-state index contributed by atoms with van der Waals surface area (Å²) in [5.41, 5.74) is -0.207. The van der Waals surface area contributed by atoms with Gasteiger partial charge < -0.3 is 9.64 Å². The molecule has 1 aliphatic heterocycles. The molecule has 1 unspecified atom stereocenters. The molecule has 1 saturated heterocycles. The third kappa shape index (κ3) is 3.06. The van der Waals surface area contributed by atoms with E-state index in [0.29, 0.717) is 17.3 Å². The van der Waals surface area contributed by atoms with Crippen LogP contribution >= 0.6 is 0 Å². The number of nitrogens with zero attached hydrogens (tertiary/aromatic N) is 3. The quantitative estimate of drug-likeness (QED) is 0.833. The Morgan fingerprint density at radius 3 is 2.88 bits per heavy atom. The van der Waals surface area contributed by atoms with Gasteiger partial charge in [-0.2, -0.15) is 5.10 Å². The second kappa shape index (κ2) is 6.36. The number of benzene rings is 1. The van der Waals surface area contributed by atoms with Gasteiger partial charge >= 0.3 is 0 Å². The summed E-state index contributed by atoms with van der Waals surface area (Å²) >= 11 is 0. The summed E-state index contributed by atoms with van der Waals surface area (Å²) in [4.78, 5) is 27.2. The van der Waals surface area contributed by atoms with Crippen LogP contribution in [-0.4, -0.2) is 46.4 Å². The minimum Gasteiger partial charge on any atom is -0.381 e. The summed E-state index contributed by atoms with van der Waals surface area (Å²) in [5.74, 6) is 0.394. The minimum absolute atomic E-state index is 0.00768. The van der Waals surface area contributed by atoms with Gasteiger partial charge in [-0.05, 0) is 25.3 Å². The number of aromatic nitrogens is 2. The zero-order valence-electron chi connectivity index (χ0n) is 13.6. The maximum Gasteiger partial charge on any atom is 0.275 e. The van der Waals surface area contributed by atoms with Gasteiger partial charge in [0.1, 0.15) is 6.54 Å². The van der Waals surface area contributed by atoms with Gasteiger partial charge in [0.05, 0.1) is 18.2 Å². The highest BCUT2D eigenvalue weighted by Gasteiger charge is 2.34. The molecule has 2 aliphatic rings. The summed E-state index contributed by atoms with van der Waals surface area (Å²) in [5, 5.41) is 5.57. The van der Waals surface area contributed by atoms with Crippen LogP contribution in [0.15, 0.2) is 35.3 Å². The summed E-state index contributed by atoms with van der Waals surface area (Å²) in [6.45, 7) is 2.24. The Kier molecular flexibility index (Phi) is 4.06. The normalized spacial score (nSPS) is 20.4. The van der Waals surface area contributed by atoms with E-state index in [-0.39, 0.29) is 18.0 Å². The van der Waals surface area contributed by atoms with Crippen molar-refractivity contribution in [3.63, 3.8) is 0 Å². The number of carbonyl (C=O) groups excluding carboxylic acids is 1. The molecule has 1 atom stereocenters. The van der Waals surface area contributed by atoms with E-state index >= 15 is 0 Å². The number of carbonyl (C=O) groups is 1. The molecule has 1 aromatic heterocycles. The third-order valence-electron chi connectivity index (χ3n) is 4.83. The first kappa shape index (κ1) is 15.3. The van der Waals surface area contributed by atoms with E-state index in [4.69, 9.17) is 4.74 Å². The fourth-order valence-corrected chi connectivity index (χ4v) is 3.31. The molecule has 1 aromatic carbocycles. The van der Waals surface area contributed by atoms with Crippen molar-refractivity contribution in [1.29, 1.82) is 0 Å².